The zero-order chi connectivity index (χ0) is 16.9. The fraction of sp³-hybridized carbons (Fsp3) is 0.316. The van der Waals surface area contributed by atoms with E-state index in [4.69, 9.17) is 0 Å². The lowest BCUT2D eigenvalue weighted by Gasteiger charge is -2.34. The lowest BCUT2D eigenvalue weighted by atomic mass is 9.90. The van der Waals surface area contributed by atoms with Gasteiger partial charge in [0.15, 0.2) is 0 Å². The molecule has 0 unspecified atom stereocenters. The number of benzene rings is 2. The molecule has 0 N–H and O–H groups in total. The highest BCUT2D eigenvalue weighted by Crippen LogP contribution is 2.30. The minimum atomic E-state index is -0.462. The molecule has 0 bridgehead atoms. The number of anilines is 1. The molecule has 1 heterocycles. The van der Waals surface area contributed by atoms with Gasteiger partial charge >= 0.3 is 0 Å². The molecule has 5 nitrogen and oxygen atoms in total. The first-order valence-corrected chi connectivity index (χ1v) is 8.15. The predicted octanol–water partition coefficient (Wildman–Crippen LogP) is 3.93. The molecule has 1 fully saturated rings. The van der Waals surface area contributed by atoms with Gasteiger partial charge in [-0.1, -0.05) is 30.3 Å². The number of piperidine rings is 1. The second-order valence-corrected chi connectivity index (χ2v) is 6.19. The molecule has 122 valence electrons. The van der Waals surface area contributed by atoms with Crippen LogP contribution in [0.25, 0.3) is 0 Å². The number of hydrogen-bond donors (Lipinski definition) is 0. The Labute approximate surface area is 141 Å². The van der Waals surface area contributed by atoms with E-state index in [1.54, 1.807) is 6.07 Å². The monoisotopic (exact) mass is 321 g/mol. The van der Waals surface area contributed by atoms with E-state index in [1.165, 1.54) is 17.7 Å². The highest BCUT2D eigenvalue weighted by molar-refractivity contribution is 5.63. The fourth-order valence-electron chi connectivity index (χ4n) is 3.33. The second-order valence-electron chi connectivity index (χ2n) is 6.19. The molecular weight excluding hydrogens is 302 g/mol. The first-order valence-electron chi connectivity index (χ1n) is 8.15. The van der Waals surface area contributed by atoms with Gasteiger partial charge in [0.05, 0.1) is 16.2 Å². The van der Waals surface area contributed by atoms with Crippen molar-refractivity contribution in [1.29, 1.82) is 5.26 Å². The number of nitriles is 1. The molecule has 0 amide bonds. The molecule has 0 atom stereocenters. The van der Waals surface area contributed by atoms with E-state index in [0.29, 0.717) is 11.5 Å². The molecule has 24 heavy (non-hydrogen) atoms. The van der Waals surface area contributed by atoms with Crippen LogP contribution in [0.5, 0.6) is 0 Å². The number of nitro benzene ring substituents is 1. The quantitative estimate of drug-likeness (QED) is 0.632. The maximum absolute atomic E-state index is 10.9. The van der Waals surface area contributed by atoms with Crippen LogP contribution in [-0.4, -0.2) is 18.0 Å². The minimum Gasteiger partial charge on any atom is -0.370 e. The zero-order valence-corrected chi connectivity index (χ0v) is 13.4. The Kier molecular flexibility index (Phi) is 4.76. The van der Waals surface area contributed by atoms with Crippen LogP contribution in [0, 0.1) is 27.4 Å². The Morgan fingerprint density at radius 2 is 1.88 bits per heavy atom. The summed E-state index contributed by atoms with van der Waals surface area (Å²) in [7, 11) is 0. The van der Waals surface area contributed by atoms with Crippen molar-refractivity contribution >= 4 is 11.4 Å². The van der Waals surface area contributed by atoms with E-state index < -0.39 is 4.92 Å². The molecule has 3 rings (SSSR count). The van der Waals surface area contributed by atoms with Crippen molar-refractivity contribution in [2.45, 2.75) is 19.3 Å². The van der Waals surface area contributed by atoms with Crippen LogP contribution in [0.3, 0.4) is 0 Å². The van der Waals surface area contributed by atoms with Crippen LogP contribution in [0.15, 0.2) is 48.5 Å². The Morgan fingerprint density at radius 1 is 1.17 bits per heavy atom. The molecule has 2 aromatic carbocycles. The summed E-state index contributed by atoms with van der Waals surface area (Å²) in [6.07, 6.45) is 3.22. The topological polar surface area (TPSA) is 70.2 Å². The van der Waals surface area contributed by atoms with Crippen molar-refractivity contribution in [3.63, 3.8) is 0 Å². The van der Waals surface area contributed by atoms with Crippen molar-refractivity contribution in [3.8, 4) is 6.07 Å². The van der Waals surface area contributed by atoms with Gasteiger partial charge in [-0.05, 0) is 36.8 Å². The van der Waals surface area contributed by atoms with Crippen molar-refractivity contribution < 1.29 is 4.92 Å². The predicted molar refractivity (Wildman–Crippen MR) is 92.9 cm³/mol. The van der Waals surface area contributed by atoms with E-state index in [1.807, 2.05) is 6.07 Å². The lowest BCUT2D eigenvalue weighted by Crippen LogP contribution is -2.34. The van der Waals surface area contributed by atoms with Crippen molar-refractivity contribution in [2.24, 2.45) is 5.92 Å². The Hall–Kier alpha value is -2.87. The van der Waals surface area contributed by atoms with Crippen LogP contribution in [0.1, 0.15) is 24.0 Å². The smallest absolute Gasteiger partial charge is 0.270 e. The van der Waals surface area contributed by atoms with Crippen LogP contribution < -0.4 is 4.90 Å². The average Bonchev–Trinajstić information content (AvgIpc) is 2.62. The summed E-state index contributed by atoms with van der Waals surface area (Å²) in [4.78, 5) is 12.6. The largest absolute Gasteiger partial charge is 0.370 e. The second kappa shape index (κ2) is 7.14. The molecule has 1 aliphatic heterocycles. The molecule has 0 saturated carbocycles. The third-order valence-electron chi connectivity index (χ3n) is 4.63. The molecule has 1 saturated heterocycles. The van der Waals surface area contributed by atoms with Gasteiger partial charge in [0.2, 0.25) is 0 Å². The first-order chi connectivity index (χ1) is 11.7. The molecule has 5 heteroatoms. The van der Waals surface area contributed by atoms with E-state index in [9.17, 15) is 15.4 Å². The highest BCUT2D eigenvalue weighted by Gasteiger charge is 2.22. The summed E-state index contributed by atoms with van der Waals surface area (Å²) in [5.41, 5.74) is 2.52. The van der Waals surface area contributed by atoms with Gasteiger partial charge in [0.25, 0.3) is 5.69 Å². The fourth-order valence-corrected chi connectivity index (χ4v) is 3.33. The standard InChI is InChI=1S/C19H19N3O2/c20-14-17-13-18(22(23)24)6-7-19(17)21-10-8-16(9-11-21)12-15-4-2-1-3-5-15/h1-7,13,16H,8-12H2. The van der Waals surface area contributed by atoms with Crippen LogP contribution >= 0.6 is 0 Å². The number of nitro groups is 1. The molecule has 0 aromatic heterocycles. The first kappa shape index (κ1) is 16.0. The number of hydrogen-bond acceptors (Lipinski definition) is 4. The van der Waals surface area contributed by atoms with Crippen LogP contribution in [-0.2, 0) is 6.42 Å². The molecule has 0 aliphatic carbocycles. The normalized spacial score (nSPS) is 15.0. The maximum atomic E-state index is 10.9. The van der Waals surface area contributed by atoms with Gasteiger partial charge in [-0.2, -0.15) is 5.26 Å². The van der Waals surface area contributed by atoms with E-state index >= 15 is 0 Å². The number of rotatable bonds is 4. The lowest BCUT2D eigenvalue weighted by molar-refractivity contribution is -0.384. The third kappa shape index (κ3) is 3.54. The Morgan fingerprint density at radius 3 is 2.50 bits per heavy atom. The summed E-state index contributed by atoms with van der Waals surface area (Å²) >= 11 is 0. The summed E-state index contributed by atoms with van der Waals surface area (Å²) < 4.78 is 0. The van der Waals surface area contributed by atoms with Crippen molar-refractivity contribution in [1.82, 2.24) is 0 Å². The average molecular weight is 321 g/mol. The number of nitrogens with zero attached hydrogens (tertiary/aromatic N) is 3. The Balaban J connectivity index is 1.66. The SMILES string of the molecule is N#Cc1cc([N+](=O)[O-])ccc1N1CCC(Cc2ccccc2)CC1. The summed E-state index contributed by atoms with van der Waals surface area (Å²) in [6.45, 7) is 1.76. The molecule has 0 radical (unpaired) electrons. The summed E-state index contributed by atoms with van der Waals surface area (Å²) in [5, 5.41) is 20.2. The summed E-state index contributed by atoms with van der Waals surface area (Å²) in [6, 6.07) is 17.1. The maximum Gasteiger partial charge on any atom is 0.270 e. The minimum absolute atomic E-state index is 0.0331. The van der Waals surface area contributed by atoms with Gasteiger partial charge in [0.1, 0.15) is 6.07 Å². The molecule has 1 aliphatic rings. The Bertz CT molecular complexity index is 760. The van der Waals surface area contributed by atoms with Gasteiger partial charge in [0, 0.05) is 25.2 Å². The van der Waals surface area contributed by atoms with E-state index in [-0.39, 0.29) is 5.69 Å². The van der Waals surface area contributed by atoms with Gasteiger partial charge in [-0.15, -0.1) is 0 Å². The highest BCUT2D eigenvalue weighted by atomic mass is 16.6. The number of non-ortho nitro benzene ring substituents is 1. The molecular formula is C19H19N3O2. The summed E-state index contributed by atoms with van der Waals surface area (Å²) in [5.74, 6) is 0.646. The zero-order valence-electron chi connectivity index (χ0n) is 13.4. The third-order valence-corrected chi connectivity index (χ3v) is 4.63. The van der Waals surface area contributed by atoms with Crippen LogP contribution in [0.2, 0.25) is 0 Å². The molecule has 2 aromatic rings. The van der Waals surface area contributed by atoms with E-state index in [2.05, 4.69) is 35.2 Å². The van der Waals surface area contributed by atoms with Crippen LogP contribution in [0.4, 0.5) is 11.4 Å². The van der Waals surface area contributed by atoms with E-state index in [0.717, 1.165) is 38.0 Å². The van der Waals surface area contributed by atoms with Gasteiger partial charge < -0.3 is 4.90 Å². The van der Waals surface area contributed by atoms with Crippen molar-refractivity contribution in [3.05, 3.63) is 69.8 Å². The van der Waals surface area contributed by atoms with Gasteiger partial charge in [-0.3, -0.25) is 10.1 Å². The molecule has 0 spiro atoms. The van der Waals surface area contributed by atoms with Crippen molar-refractivity contribution in [2.75, 3.05) is 18.0 Å². The van der Waals surface area contributed by atoms with Gasteiger partial charge in [-0.25, -0.2) is 0 Å².